The molecule has 2 aliphatic heterocycles. The molecule has 1 aromatic carbocycles. The number of nitrogens with zero attached hydrogens (tertiary/aromatic N) is 6. The molecule has 1 spiro atoms. The molecular weight excluding hydrogens is 538 g/mol. The van der Waals surface area contributed by atoms with Gasteiger partial charge in [0.2, 0.25) is 0 Å². The van der Waals surface area contributed by atoms with Crippen molar-refractivity contribution >= 4 is 5.97 Å². The highest BCUT2D eigenvalue weighted by Gasteiger charge is 2.40. The predicted molar refractivity (Wildman–Crippen MR) is 169 cm³/mol. The van der Waals surface area contributed by atoms with E-state index in [4.69, 9.17) is 10.1 Å². The second kappa shape index (κ2) is 15.1. The van der Waals surface area contributed by atoms with Gasteiger partial charge in [-0.1, -0.05) is 38.1 Å². The van der Waals surface area contributed by atoms with Gasteiger partial charge >= 0.3 is 5.97 Å². The highest BCUT2D eigenvalue weighted by atomic mass is 16.4. The van der Waals surface area contributed by atoms with Crippen molar-refractivity contribution in [3.63, 3.8) is 0 Å². The number of H-pyrrole nitrogens is 1. The zero-order valence-electron chi connectivity index (χ0n) is 26.3. The molecule has 2 aromatic heterocycles. The molecule has 43 heavy (non-hydrogen) atoms. The fraction of sp³-hybridized carbons (Fsp3) is 0.618. The van der Waals surface area contributed by atoms with Crippen LogP contribution in [0, 0.1) is 11.3 Å². The standard InChI is InChI=1S/C34H51N7O2/c1-28(2)23-38-19-11-34(12-20-38)13-21-39(27-34)17-4-18-41-22-16-37-32(41)26-40(25-31-35-14-15-36-31)24-30-9-7-29(8-10-30)5-3-6-33(42)43/h7-10,14-16,22,28H,3-6,11-13,17-21,23-27H2,1-2H3,(H,35,36)(H,42,43). The van der Waals surface area contributed by atoms with E-state index in [-0.39, 0.29) is 6.42 Å². The first-order valence-corrected chi connectivity index (χ1v) is 16.3. The van der Waals surface area contributed by atoms with Gasteiger partial charge in [0.25, 0.3) is 0 Å². The average Bonchev–Trinajstić information content (AvgIpc) is 3.74. The number of aryl methyl sites for hydroxylation is 2. The predicted octanol–water partition coefficient (Wildman–Crippen LogP) is 5.05. The van der Waals surface area contributed by atoms with Gasteiger partial charge in [-0.2, -0.15) is 0 Å². The van der Waals surface area contributed by atoms with Gasteiger partial charge in [-0.15, -0.1) is 0 Å². The largest absolute Gasteiger partial charge is 0.481 e. The number of aromatic amines is 1. The van der Waals surface area contributed by atoms with Crippen molar-refractivity contribution in [2.24, 2.45) is 11.3 Å². The minimum Gasteiger partial charge on any atom is -0.481 e. The van der Waals surface area contributed by atoms with E-state index in [0.717, 1.165) is 56.6 Å². The molecule has 0 atom stereocenters. The lowest BCUT2D eigenvalue weighted by atomic mass is 9.77. The summed E-state index contributed by atoms with van der Waals surface area (Å²) < 4.78 is 2.33. The SMILES string of the molecule is CC(C)CN1CCC2(CC1)CCN(CCCn1ccnc1CN(Cc1ccc(CCCC(=O)O)cc1)Cc1ncc[nH]1)C2. The number of likely N-dealkylation sites (tertiary alicyclic amines) is 2. The Bertz CT molecular complexity index is 1250. The lowest BCUT2D eigenvalue weighted by Gasteiger charge is -2.40. The third-order valence-electron chi connectivity index (χ3n) is 9.31. The lowest BCUT2D eigenvalue weighted by molar-refractivity contribution is -0.137. The van der Waals surface area contributed by atoms with Crippen LogP contribution in [-0.4, -0.2) is 84.6 Å². The Hall–Kier alpha value is -3.01. The fourth-order valence-electron chi connectivity index (χ4n) is 6.99. The maximum atomic E-state index is 10.8. The minimum absolute atomic E-state index is 0.210. The molecule has 0 radical (unpaired) electrons. The number of aliphatic carboxylic acids is 1. The first kappa shape index (κ1) is 31.4. The second-order valence-corrected chi connectivity index (χ2v) is 13.4. The zero-order chi connectivity index (χ0) is 30.1. The van der Waals surface area contributed by atoms with Gasteiger partial charge in [-0.25, -0.2) is 9.97 Å². The van der Waals surface area contributed by atoms with Crippen molar-refractivity contribution in [1.29, 1.82) is 0 Å². The van der Waals surface area contributed by atoms with Crippen LogP contribution in [0.4, 0.5) is 0 Å². The van der Waals surface area contributed by atoms with Crippen LogP contribution in [0.5, 0.6) is 0 Å². The number of imidazole rings is 2. The highest BCUT2D eigenvalue weighted by molar-refractivity contribution is 5.66. The number of benzene rings is 1. The number of piperidine rings is 1. The summed E-state index contributed by atoms with van der Waals surface area (Å²) in [7, 11) is 0. The molecule has 4 heterocycles. The summed E-state index contributed by atoms with van der Waals surface area (Å²) in [5.41, 5.74) is 2.96. The van der Waals surface area contributed by atoms with Crippen LogP contribution in [0.15, 0.2) is 49.1 Å². The molecule has 5 rings (SSSR count). The van der Waals surface area contributed by atoms with Crippen molar-refractivity contribution in [1.82, 2.24) is 34.2 Å². The number of rotatable bonds is 16. The van der Waals surface area contributed by atoms with Gasteiger partial charge < -0.3 is 24.5 Å². The topological polar surface area (TPSA) is 93.5 Å². The first-order valence-electron chi connectivity index (χ1n) is 16.3. The fourth-order valence-corrected chi connectivity index (χ4v) is 6.99. The Morgan fingerprint density at radius 1 is 0.953 bits per heavy atom. The highest BCUT2D eigenvalue weighted by Crippen LogP contribution is 2.40. The van der Waals surface area contributed by atoms with Gasteiger partial charge in [-0.3, -0.25) is 9.69 Å². The molecule has 234 valence electrons. The first-order chi connectivity index (χ1) is 20.9. The van der Waals surface area contributed by atoms with E-state index in [1.807, 2.05) is 12.4 Å². The van der Waals surface area contributed by atoms with Crippen molar-refractivity contribution in [2.45, 2.75) is 85.0 Å². The lowest BCUT2D eigenvalue weighted by Crippen LogP contribution is -2.42. The summed E-state index contributed by atoms with van der Waals surface area (Å²) in [5, 5.41) is 8.91. The summed E-state index contributed by atoms with van der Waals surface area (Å²) in [4.78, 5) is 31.1. The summed E-state index contributed by atoms with van der Waals surface area (Å²) in [5.74, 6) is 2.06. The zero-order valence-corrected chi connectivity index (χ0v) is 26.3. The van der Waals surface area contributed by atoms with E-state index >= 15 is 0 Å². The van der Waals surface area contributed by atoms with Crippen LogP contribution >= 0.6 is 0 Å². The van der Waals surface area contributed by atoms with Crippen molar-refractivity contribution in [3.05, 3.63) is 71.8 Å². The molecule has 2 saturated heterocycles. The quantitative estimate of drug-likeness (QED) is 0.242. The molecule has 9 nitrogen and oxygen atoms in total. The van der Waals surface area contributed by atoms with E-state index in [0.29, 0.717) is 18.4 Å². The Labute approximate surface area is 257 Å². The van der Waals surface area contributed by atoms with Crippen LogP contribution in [0.3, 0.4) is 0 Å². The van der Waals surface area contributed by atoms with Crippen molar-refractivity contribution in [3.8, 4) is 0 Å². The second-order valence-electron chi connectivity index (χ2n) is 13.4. The summed E-state index contributed by atoms with van der Waals surface area (Å²) >= 11 is 0. The summed E-state index contributed by atoms with van der Waals surface area (Å²) in [6.07, 6.45) is 14.6. The number of hydrogen-bond acceptors (Lipinski definition) is 6. The maximum absolute atomic E-state index is 10.8. The Morgan fingerprint density at radius 2 is 1.70 bits per heavy atom. The number of carbonyl (C=O) groups is 1. The van der Waals surface area contributed by atoms with Crippen LogP contribution in [-0.2, 0) is 37.4 Å². The number of nitrogens with one attached hydrogen (secondary N) is 1. The van der Waals surface area contributed by atoms with E-state index < -0.39 is 5.97 Å². The van der Waals surface area contributed by atoms with Crippen LogP contribution in [0.1, 0.15) is 75.1 Å². The van der Waals surface area contributed by atoms with Gasteiger partial charge in [0.05, 0.1) is 13.1 Å². The van der Waals surface area contributed by atoms with Gasteiger partial charge in [0, 0.05) is 57.4 Å². The van der Waals surface area contributed by atoms with Crippen molar-refractivity contribution in [2.75, 3.05) is 39.3 Å². The Balaban J connectivity index is 1.12. The van der Waals surface area contributed by atoms with E-state index in [1.54, 1.807) is 6.20 Å². The van der Waals surface area contributed by atoms with E-state index in [2.05, 4.69) is 73.5 Å². The summed E-state index contributed by atoms with van der Waals surface area (Å²) in [6, 6.07) is 8.57. The third-order valence-corrected chi connectivity index (χ3v) is 9.31. The molecule has 0 aliphatic carbocycles. The molecule has 0 unspecified atom stereocenters. The minimum atomic E-state index is -0.735. The van der Waals surface area contributed by atoms with Crippen LogP contribution in [0.25, 0.3) is 0 Å². The molecule has 2 aliphatic rings. The Kier molecular flexibility index (Phi) is 11.1. The number of hydrogen-bond donors (Lipinski definition) is 2. The molecule has 0 bridgehead atoms. The number of aromatic nitrogens is 4. The Morgan fingerprint density at radius 3 is 2.40 bits per heavy atom. The maximum Gasteiger partial charge on any atom is 0.303 e. The monoisotopic (exact) mass is 589 g/mol. The van der Waals surface area contributed by atoms with Gasteiger partial charge in [0.15, 0.2) is 0 Å². The molecule has 0 saturated carbocycles. The number of carboxylic acids is 1. The van der Waals surface area contributed by atoms with Gasteiger partial charge in [-0.05, 0) is 87.2 Å². The van der Waals surface area contributed by atoms with E-state index in [1.165, 1.54) is 63.1 Å². The van der Waals surface area contributed by atoms with Gasteiger partial charge in [0.1, 0.15) is 11.6 Å². The summed E-state index contributed by atoms with van der Waals surface area (Å²) in [6.45, 7) is 15.4. The molecule has 9 heteroatoms. The molecule has 2 N–H and O–H groups in total. The average molecular weight is 590 g/mol. The molecule has 3 aromatic rings. The van der Waals surface area contributed by atoms with Crippen LogP contribution in [0.2, 0.25) is 0 Å². The third kappa shape index (κ3) is 9.49. The number of carboxylic acid groups (broad SMARTS) is 1. The van der Waals surface area contributed by atoms with E-state index in [9.17, 15) is 4.79 Å². The van der Waals surface area contributed by atoms with Crippen LogP contribution < -0.4 is 0 Å². The normalized spacial score (nSPS) is 17.5. The van der Waals surface area contributed by atoms with Crippen molar-refractivity contribution < 1.29 is 9.90 Å². The molecule has 0 amide bonds. The molecular formula is C34H51N7O2. The molecule has 2 fully saturated rings. The smallest absolute Gasteiger partial charge is 0.303 e.